The number of hydrogen-bond donors (Lipinski definition) is 2. The molecule has 1 saturated carbocycles. The van der Waals surface area contributed by atoms with E-state index in [-0.39, 0.29) is 17.9 Å². The SMILES string of the molecule is CC(C)C1CCCC(NC(C(N)=O)C(C)C)CC1. The molecule has 0 aromatic carbocycles. The number of rotatable bonds is 5. The van der Waals surface area contributed by atoms with Crippen molar-refractivity contribution in [2.45, 2.75) is 71.9 Å². The Bertz CT molecular complexity index is 263. The molecule has 3 heteroatoms. The molecular formula is C15H30N2O. The molecule has 3 N–H and O–H groups in total. The van der Waals surface area contributed by atoms with Gasteiger partial charge in [-0.3, -0.25) is 4.79 Å². The normalized spacial score (nSPS) is 27.2. The monoisotopic (exact) mass is 254 g/mol. The van der Waals surface area contributed by atoms with Crippen LogP contribution in [-0.4, -0.2) is 18.0 Å². The molecule has 18 heavy (non-hydrogen) atoms. The molecule has 3 unspecified atom stereocenters. The zero-order chi connectivity index (χ0) is 13.7. The molecule has 1 aliphatic rings. The zero-order valence-electron chi connectivity index (χ0n) is 12.4. The minimum Gasteiger partial charge on any atom is -0.368 e. The molecule has 0 radical (unpaired) electrons. The fourth-order valence-electron chi connectivity index (χ4n) is 3.02. The van der Waals surface area contributed by atoms with Gasteiger partial charge in [0.05, 0.1) is 6.04 Å². The van der Waals surface area contributed by atoms with E-state index in [1.165, 1.54) is 32.1 Å². The van der Waals surface area contributed by atoms with Gasteiger partial charge in [0, 0.05) is 6.04 Å². The van der Waals surface area contributed by atoms with E-state index in [4.69, 9.17) is 5.73 Å². The number of hydrogen-bond acceptors (Lipinski definition) is 2. The van der Waals surface area contributed by atoms with Crippen LogP contribution < -0.4 is 11.1 Å². The summed E-state index contributed by atoms with van der Waals surface area (Å²) in [5.41, 5.74) is 5.47. The van der Waals surface area contributed by atoms with E-state index in [1.54, 1.807) is 0 Å². The van der Waals surface area contributed by atoms with Crippen molar-refractivity contribution >= 4 is 5.91 Å². The van der Waals surface area contributed by atoms with E-state index in [0.717, 1.165) is 11.8 Å². The van der Waals surface area contributed by atoms with Crippen LogP contribution in [0.1, 0.15) is 59.8 Å². The molecule has 0 aliphatic heterocycles. The summed E-state index contributed by atoms with van der Waals surface area (Å²) in [6.45, 7) is 8.74. The first-order valence-corrected chi connectivity index (χ1v) is 7.47. The molecule has 3 nitrogen and oxygen atoms in total. The smallest absolute Gasteiger partial charge is 0.234 e. The maximum absolute atomic E-state index is 11.4. The van der Waals surface area contributed by atoms with Crippen LogP contribution in [0.4, 0.5) is 0 Å². The minimum absolute atomic E-state index is 0.175. The van der Waals surface area contributed by atoms with Gasteiger partial charge in [0.2, 0.25) is 5.91 Å². The van der Waals surface area contributed by atoms with Crippen molar-refractivity contribution in [3.8, 4) is 0 Å². The van der Waals surface area contributed by atoms with Crippen LogP contribution in [0.3, 0.4) is 0 Å². The van der Waals surface area contributed by atoms with Crippen molar-refractivity contribution in [2.75, 3.05) is 0 Å². The van der Waals surface area contributed by atoms with E-state index >= 15 is 0 Å². The number of amides is 1. The lowest BCUT2D eigenvalue weighted by Crippen LogP contribution is -2.49. The van der Waals surface area contributed by atoms with Gasteiger partial charge in [0.1, 0.15) is 0 Å². The van der Waals surface area contributed by atoms with Crippen molar-refractivity contribution in [3.63, 3.8) is 0 Å². The molecule has 106 valence electrons. The first-order chi connectivity index (χ1) is 8.41. The molecule has 1 aliphatic carbocycles. The van der Waals surface area contributed by atoms with Gasteiger partial charge in [0.25, 0.3) is 0 Å². The summed E-state index contributed by atoms with van der Waals surface area (Å²) in [7, 11) is 0. The van der Waals surface area contributed by atoms with Crippen LogP contribution in [-0.2, 0) is 4.79 Å². The van der Waals surface area contributed by atoms with Crippen LogP contribution in [0, 0.1) is 17.8 Å². The molecule has 0 bridgehead atoms. The van der Waals surface area contributed by atoms with E-state index < -0.39 is 0 Å². The van der Waals surface area contributed by atoms with Crippen LogP contribution in [0.25, 0.3) is 0 Å². The highest BCUT2D eigenvalue weighted by atomic mass is 16.1. The summed E-state index contributed by atoms with van der Waals surface area (Å²) in [4.78, 5) is 11.4. The molecule has 0 spiro atoms. The number of nitrogens with two attached hydrogens (primary N) is 1. The molecule has 1 fully saturated rings. The van der Waals surface area contributed by atoms with Crippen molar-refractivity contribution in [1.29, 1.82) is 0 Å². The van der Waals surface area contributed by atoms with E-state index in [1.807, 2.05) is 0 Å². The Hall–Kier alpha value is -0.570. The average Bonchev–Trinajstić information content (AvgIpc) is 2.50. The number of carbonyl (C=O) groups excluding carboxylic acids is 1. The fraction of sp³-hybridized carbons (Fsp3) is 0.933. The van der Waals surface area contributed by atoms with Crippen molar-refractivity contribution < 1.29 is 4.79 Å². The minimum atomic E-state index is -0.213. The Kier molecular flexibility index (Phi) is 6.13. The second-order valence-electron chi connectivity index (χ2n) is 6.50. The maximum Gasteiger partial charge on any atom is 0.234 e. The first kappa shape index (κ1) is 15.5. The highest BCUT2D eigenvalue weighted by molar-refractivity contribution is 5.80. The van der Waals surface area contributed by atoms with Crippen LogP contribution >= 0.6 is 0 Å². The third kappa shape index (κ3) is 4.60. The third-order valence-electron chi connectivity index (χ3n) is 4.34. The van der Waals surface area contributed by atoms with Crippen molar-refractivity contribution in [2.24, 2.45) is 23.5 Å². The largest absolute Gasteiger partial charge is 0.368 e. The first-order valence-electron chi connectivity index (χ1n) is 7.47. The highest BCUT2D eigenvalue weighted by Crippen LogP contribution is 2.29. The summed E-state index contributed by atoms with van der Waals surface area (Å²) in [5.74, 6) is 1.69. The average molecular weight is 254 g/mol. The number of carbonyl (C=O) groups is 1. The van der Waals surface area contributed by atoms with Crippen molar-refractivity contribution in [1.82, 2.24) is 5.32 Å². The van der Waals surface area contributed by atoms with Gasteiger partial charge in [-0.25, -0.2) is 0 Å². The lowest BCUT2D eigenvalue weighted by atomic mass is 9.89. The predicted molar refractivity (Wildman–Crippen MR) is 76.2 cm³/mol. The molecule has 0 aromatic rings. The lowest BCUT2D eigenvalue weighted by Gasteiger charge is -2.25. The molecule has 0 heterocycles. The second-order valence-corrected chi connectivity index (χ2v) is 6.50. The lowest BCUT2D eigenvalue weighted by molar-refractivity contribution is -0.121. The van der Waals surface area contributed by atoms with Gasteiger partial charge in [-0.15, -0.1) is 0 Å². The Balaban J connectivity index is 2.50. The highest BCUT2D eigenvalue weighted by Gasteiger charge is 2.26. The Morgan fingerprint density at radius 2 is 1.78 bits per heavy atom. The molecule has 1 rings (SSSR count). The Labute approximate surface area is 112 Å². The molecule has 0 saturated heterocycles. The van der Waals surface area contributed by atoms with E-state index in [9.17, 15) is 4.79 Å². The van der Waals surface area contributed by atoms with Crippen LogP contribution in [0.5, 0.6) is 0 Å². The number of nitrogens with one attached hydrogen (secondary N) is 1. The van der Waals surface area contributed by atoms with E-state index in [2.05, 4.69) is 33.0 Å². The third-order valence-corrected chi connectivity index (χ3v) is 4.34. The second kappa shape index (κ2) is 7.13. The summed E-state index contributed by atoms with van der Waals surface area (Å²) >= 11 is 0. The number of primary amides is 1. The maximum atomic E-state index is 11.4. The summed E-state index contributed by atoms with van der Waals surface area (Å²) < 4.78 is 0. The van der Waals surface area contributed by atoms with Gasteiger partial charge < -0.3 is 11.1 Å². The quantitative estimate of drug-likeness (QED) is 0.741. The van der Waals surface area contributed by atoms with Gasteiger partial charge in [-0.1, -0.05) is 40.5 Å². The summed E-state index contributed by atoms with van der Waals surface area (Å²) in [6.07, 6.45) is 6.24. The van der Waals surface area contributed by atoms with Crippen LogP contribution in [0.2, 0.25) is 0 Å². The molecule has 1 amide bonds. The van der Waals surface area contributed by atoms with Gasteiger partial charge >= 0.3 is 0 Å². The van der Waals surface area contributed by atoms with E-state index in [0.29, 0.717) is 6.04 Å². The Morgan fingerprint density at radius 3 is 2.28 bits per heavy atom. The topological polar surface area (TPSA) is 55.1 Å². The van der Waals surface area contributed by atoms with Gasteiger partial charge in [-0.05, 0) is 37.0 Å². The fourth-order valence-corrected chi connectivity index (χ4v) is 3.02. The van der Waals surface area contributed by atoms with Gasteiger partial charge in [-0.2, -0.15) is 0 Å². The molecular weight excluding hydrogens is 224 g/mol. The molecule has 3 atom stereocenters. The van der Waals surface area contributed by atoms with Crippen LogP contribution in [0.15, 0.2) is 0 Å². The predicted octanol–water partition coefficient (Wildman–Crippen LogP) is 2.69. The zero-order valence-corrected chi connectivity index (χ0v) is 12.4. The summed E-state index contributed by atoms with van der Waals surface area (Å²) in [6, 6.07) is 0.291. The Morgan fingerprint density at radius 1 is 1.11 bits per heavy atom. The van der Waals surface area contributed by atoms with Gasteiger partial charge in [0.15, 0.2) is 0 Å². The molecule has 0 aromatic heterocycles. The van der Waals surface area contributed by atoms with Crippen molar-refractivity contribution in [3.05, 3.63) is 0 Å². The standard InChI is InChI=1S/C15H30N2O/c1-10(2)12-6-5-7-13(9-8-12)17-14(11(3)4)15(16)18/h10-14,17H,5-9H2,1-4H3,(H2,16,18). The summed E-state index contributed by atoms with van der Waals surface area (Å²) in [5, 5.41) is 3.48.